The molecule has 1 aromatic carbocycles. The minimum Gasteiger partial charge on any atom is -0.497 e. The van der Waals surface area contributed by atoms with Gasteiger partial charge in [0.25, 0.3) is 5.91 Å². The number of amides is 1. The molecule has 1 fully saturated rings. The number of carbonyl (C=O) groups excluding carboxylic acids is 1. The monoisotopic (exact) mass is 391 g/mol. The van der Waals surface area contributed by atoms with Crippen LogP contribution in [0.3, 0.4) is 0 Å². The van der Waals surface area contributed by atoms with Crippen molar-refractivity contribution in [1.29, 1.82) is 0 Å². The maximum atomic E-state index is 14.2. The molecule has 1 aliphatic heterocycles. The molecular formula is C20H26FN3O4. The van der Waals surface area contributed by atoms with E-state index in [9.17, 15) is 14.3 Å². The first kappa shape index (κ1) is 20.3. The van der Waals surface area contributed by atoms with Crippen molar-refractivity contribution in [2.75, 3.05) is 27.2 Å². The number of methoxy groups -OCH3 is 1. The highest BCUT2D eigenvalue weighted by Gasteiger charge is 2.43. The molecule has 0 unspecified atom stereocenters. The van der Waals surface area contributed by atoms with Crippen molar-refractivity contribution >= 4 is 5.91 Å². The van der Waals surface area contributed by atoms with Gasteiger partial charge in [-0.05, 0) is 45.0 Å². The number of aromatic nitrogens is 1. The molecule has 2 aromatic rings. The van der Waals surface area contributed by atoms with Crippen molar-refractivity contribution in [3.63, 3.8) is 0 Å². The summed E-state index contributed by atoms with van der Waals surface area (Å²) in [5, 5.41) is 15.0. The van der Waals surface area contributed by atoms with Gasteiger partial charge in [-0.2, -0.15) is 0 Å². The van der Waals surface area contributed by atoms with Crippen LogP contribution in [0.1, 0.15) is 29.9 Å². The van der Waals surface area contributed by atoms with Gasteiger partial charge in [-0.1, -0.05) is 5.16 Å². The molecular weight excluding hydrogens is 365 g/mol. The summed E-state index contributed by atoms with van der Waals surface area (Å²) in [6.45, 7) is 3.00. The van der Waals surface area contributed by atoms with Gasteiger partial charge in [0.1, 0.15) is 17.3 Å². The highest BCUT2D eigenvalue weighted by molar-refractivity contribution is 5.86. The summed E-state index contributed by atoms with van der Waals surface area (Å²) in [5.74, 6) is 0.450. The Morgan fingerprint density at radius 2 is 2.21 bits per heavy atom. The third-order valence-electron chi connectivity index (χ3n) is 4.96. The molecule has 0 radical (unpaired) electrons. The van der Waals surface area contributed by atoms with Crippen LogP contribution in [0.15, 0.2) is 28.8 Å². The molecule has 152 valence electrons. The van der Waals surface area contributed by atoms with Crippen molar-refractivity contribution < 1.29 is 23.6 Å². The molecule has 7 nitrogen and oxygen atoms in total. The number of halogens is 1. The third kappa shape index (κ3) is 4.51. The van der Waals surface area contributed by atoms with Crippen LogP contribution in [-0.2, 0) is 17.9 Å². The van der Waals surface area contributed by atoms with Gasteiger partial charge in [-0.3, -0.25) is 9.69 Å². The molecule has 0 spiro atoms. The fraction of sp³-hybridized carbons (Fsp3) is 0.500. The van der Waals surface area contributed by atoms with E-state index in [1.165, 1.54) is 24.1 Å². The van der Waals surface area contributed by atoms with Crippen molar-refractivity contribution in [1.82, 2.24) is 15.0 Å². The van der Waals surface area contributed by atoms with Gasteiger partial charge in [0.2, 0.25) is 0 Å². The lowest BCUT2D eigenvalue weighted by atomic mass is 9.90. The molecule has 0 aliphatic carbocycles. The fourth-order valence-electron chi connectivity index (χ4n) is 3.64. The van der Waals surface area contributed by atoms with Crippen LogP contribution in [0.25, 0.3) is 0 Å². The molecule has 3 rings (SSSR count). The Balaban J connectivity index is 1.68. The second kappa shape index (κ2) is 8.28. The van der Waals surface area contributed by atoms with Gasteiger partial charge in [-0.25, -0.2) is 4.39 Å². The molecule has 1 aliphatic rings. The summed E-state index contributed by atoms with van der Waals surface area (Å²) >= 11 is 0. The zero-order valence-electron chi connectivity index (χ0n) is 16.4. The van der Waals surface area contributed by atoms with Crippen LogP contribution >= 0.6 is 0 Å². The van der Waals surface area contributed by atoms with Crippen LogP contribution in [0.4, 0.5) is 4.39 Å². The number of aliphatic hydroxyl groups is 1. The van der Waals surface area contributed by atoms with E-state index >= 15 is 0 Å². The molecule has 0 bridgehead atoms. The molecule has 1 saturated heterocycles. The molecule has 28 heavy (non-hydrogen) atoms. The Morgan fingerprint density at radius 1 is 1.43 bits per heavy atom. The number of hydrogen-bond donors (Lipinski definition) is 1. The molecule has 0 saturated carbocycles. The van der Waals surface area contributed by atoms with Crippen LogP contribution < -0.4 is 4.74 Å². The quantitative estimate of drug-likeness (QED) is 0.779. The van der Waals surface area contributed by atoms with Gasteiger partial charge < -0.3 is 19.3 Å². The van der Waals surface area contributed by atoms with Crippen LogP contribution in [0.2, 0.25) is 0 Å². The largest absolute Gasteiger partial charge is 0.497 e. The lowest BCUT2D eigenvalue weighted by molar-refractivity contribution is -0.160. The summed E-state index contributed by atoms with van der Waals surface area (Å²) < 4.78 is 24.3. The van der Waals surface area contributed by atoms with Crippen LogP contribution in [0.5, 0.6) is 5.75 Å². The first-order valence-electron chi connectivity index (χ1n) is 9.25. The summed E-state index contributed by atoms with van der Waals surface area (Å²) in [5.41, 5.74) is -0.410. The molecule has 8 heteroatoms. The predicted molar refractivity (Wildman–Crippen MR) is 100 cm³/mol. The Morgan fingerprint density at radius 3 is 2.89 bits per heavy atom. The van der Waals surface area contributed by atoms with E-state index in [0.29, 0.717) is 43.0 Å². The fourth-order valence-corrected chi connectivity index (χ4v) is 3.64. The van der Waals surface area contributed by atoms with Crippen molar-refractivity contribution in [2.45, 2.75) is 38.5 Å². The van der Waals surface area contributed by atoms with Gasteiger partial charge in [0.15, 0.2) is 5.60 Å². The number of piperidine rings is 1. The number of carbonyl (C=O) groups is 1. The smallest absolute Gasteiger partial charge is 0.256 e. The number of rotatable bonds is 7. The normalized spacial score (nSPS) is 20.1. The van der Waals surface area contributed by atoms with E-state index in [0.717, 1.165) is 5.69 Å². The van der Waals surface area contributed by atoms with E-state index in [1.54, 1.807) is 6.07 Å². The number of ether oxygens (including phenoxy) is 1. The van der Waals surface area contributed by atoms with E-state index in [-0.39, 0.29) is 19.0 Å². The van der Waals surface area contributed by atoms with Crippen molar-refractivity contribution in [3.05, 3.63) is 47.1 Å². The van der Waals surface area contributed by atoms with Crippen molar-refractivity contribution in [2.24, 2.45) is 0 Å². The summed E-state index contributed by atoms with van der Waals surface area (Å²) in [7, 11) is 3.32. The summed E-state index contributed by atoms with van der Waals surface area (Å²) in [4.78, 5) is 16.3. The number of nitrogens with zero attached hydrogens (tertiary/aromatic N) is 3. The van der Waals surface area contributed by atoms with E-state index in [4.69, 9.17) is 9.26 Å². The molecule has 1 atom stereocenters. The minimum absolute atomic E-state index is 0.0936. The lowest BCUT2D eigenvalue weighted by Gasteiger charge is -2.40. The number of benzene rings is 1. The Bertz CT molecular complexity index is 841. The average molecular weight is 391 g/mol. The molecule has 1 amide bonds. The number of likely N-dealkylation sites (N-methyl/N-ethyl adjacent to an activating group) is 1. The van der Waals surface area contributed by atoms with Crippen LogP contribution in [0, 0.1) is 12.7 Å². The molecule has 1 aromatic heterocycles. The van der Waals surface area contributed by atoms with Gasteiger partial charge in [0.05, 0.1) is 12.8 Å². The molecule has 1 N–H and O–H groups in total. The second-order valence-corrected chi connectivity index (χ2v) is 7.42. The zero-order chi connectivity index (χ0) is 20.3. The second-order valence-electron chi connectivity index (χ2n) is 7.42. The van der Waals surface area contributed by atoms with Gasteiger partial charge >= 0.3 is 0 Å². The van der Waals surface area contributed by atoms with E-state index in [2.05, 4.69) is 5.16 Å². The highest BCUT2D eigenvalue weighted by Crippen LogP contribution is 2.27. The number of likely N-dealkylation sites (tertiary alicyclic amines) is 1. The first-order chi connectivity index (χ1) is 13.3. The number of hydrogen-bond acceptors (Lipinski definition) is 6. The van der Waals surface area contributed by atoms with Gasteiger partial charge in [-0.15, -0.1) is 0 Å². The van der Waals surface area contributed by atoms with Crippen LogP contribution in [-0.4, -0.2) is 58.8 Å². The third-order valence-corrected chi connectivity index (χ3v) is 4.96. The first-order valence-corrected chi connectivity index (χ1v) is 9.25. The van der Waals surface area contributed by atoms with Crippen molar-refractivity contribution in [3.8, 4) is 5.75 Å². The highest BCUT2D eigenvalue weighted by atomic mass is 19.1. The maximum Gasteiger partial charge on any atom is 0.256 e. The SMILES string of the molecule is COc1ccc(F)c(CN2CCC[C@](O)(CN(C)Cc3cc(C)on3)C2=O)c1. The Labute approximate surface area is 163 Å². The number of aryl methyl sites for hydroxylation is 1. The summed E-state index contributed by atoms with van der Waals surface area (Å²) in [6, 6.07) is 6.26. The molecule has 2 heterocycles. The van der Waals surface area contributed by atoms with E-state index < -0.39 is 11.4 Å². The maximum absolute atomic E-state index is 14.2. The van der Waals surface area contributed by atoms with E-state index in [1.807, 2.05) is 24.9 Å². The Kier molecular flexibility index (Phi) is 6.00. The predicted octanol–water partition coefficient (Wildman–Crippen LogP) is 2.12. The lowest BCUT2D eigenvalue weighted by Crippen LogP contribution is -2.57. The zero-order valence-corrected chi connectivity index (χ0v) is 16.4. The topological polar surface area (TPSA) is 79.0 Å². The minimum atomic E-state index is -1.51. The summed E-state index contributed by atoms with van der Waals surface area (Å²) in [6.07, 6.45) is 1.01. The van der Waals surface area contributed by atoms with Gasteiger partial charge in [0, 0.05) is 37.8 Å². The standard InChI is InChI=1S/C20H26FN3O4/c1-14-9-16(22-28-14)12-23(2)13-20(26)7-4-8-24(19(20)25)11-15-10-17(27-3)5-6-18(15)21/h5-6,9-10,26H,4,7-8,11-13H2,1-3H3/t20-/m0/s1. The average Bonchev–Trinajstić information content (AvgIpc) is 3.05. The Hall–Kier alpha value is -2.45.